The lowest BCUT2D eigenvalue weighted by atomic mass is 9.39. The molecule has 1 aromatic carbocycles. The van der Waals surface area contributed by atoms with Crippen molar-refractivity contribution in [1.29, 1.82) is 0 Å². The summed E-state index contributed by atoms with van der Waals surface area (Å²) in [4.78, 5) is 24.1. The van der Waals surface area contributed by atoms with Gasteiger partial charge in [0.05, 0.1) is 10.8 Å². The molecule has 4 bridgehead atoms. The predicted octanol–water partition coefficient (Wildman–Crippen LogP) is 3.06. The Bertz CT molecular complexity index is 665. The van der Waals surface area contributed by atoms with Crippen LogP contribution in [0.25, 0.3) is 0 Å². The van der Waals surface area contributed by atoms with Gasteiger partial charge in [-0.3, -0.25) is 9.59 Å². The first kappa shape index (κ1) is 14.7. The Morgan fingerprint density at radius 1 is 0.957 bits per heavy atom. The molecule has 4 nitrogen and oxygen atoms in total. The van der Waals surface area contributed by atoms with Gasteiger partial charge >= 0.3 is 11.9 Å². The smallest absolute Gasteiger partial charge is 0.314 e. The summed E-state index contributed by atoms with van der Waals surface area (Å²) >= 11 is 0. The molecule has 2 N–H and O–H groups in total. The first-order chi connectivity index (χ1) is 10.9. The summed E-state index contributed by atoms with van der Waals surface area (Å²) in [5.41, 5.74) is -1.19. The van der Waals surface area contributed by atoms with Gasteiger partial charge in [-0.1, -0.05) is 12.1 Å². The van der Waals surface area contributed by atoms with Gasteiger partial charge in [0.2, 0.25) is 0 Å². The van der Waals surface area contributed by atoms with Crippen LogP contribution in [0.2, 0.25) is 0 Å². The van der Waals surface area contributed by atoms with Crippen molar-refractivity contribution in [3.63, 3.8) is 0 Å². The summed E-state index contributed by atoms with van der Waals surface area (Å²) in [5.74, 6) is -2.13. The summed E-state index contributed by atoms with van der Waals surface area (Å²) in [5, 5.41) is 19.8. The SMILES string of the molecule is O=C(O)C12CC3CC(C1)C(C(=O)O)(c1ccc(F)cc1)C(C3)C2. The fraction of sp³-hybridized carbons (Fsp3) is 0.556. The van der Waals surface area contributed by atoms with Crippen LogP contribution in [-0.4, -0.2) is 22.2 Å². The maximum Gasteiger partial charge on any atom is 0.314 e. The van der Waals surface area contributed by atoms with Gasteiger partial charge in [-0.05, 0) is 67.6 Å². The lowest BCUT2D eigenvalue weighted by Gasteiger charge is -2.62. The molecular formula is C18H19FO4. The van der Waals surface area contributed by atoms with E-state index in [2.05, 4.69) is 0 Å². The first-order valence-electron chi connectivity index (χ1n) is 8.11. The van der Waals surface area contributed by atoms with Crippen LogP contribution in [0.4, 0.5) is 4.39 Å². The van der Waals surface area contributed by atoms with E-state index in [0.717, 1.165) is 12.8 Å². The molecule has 0 radical (unpaired) electrons. The molecule has 1 aromatic rings. The van der Waals surface area contributed by atoms with E-state index < -0.39 is 22.8 Å². The van der Waals surface area contributed by atoms with Crippen LogP contribution in [0.5, 0.6) is 0 Å². The van der Waals surface area contributed by atoms with E-state index >= 15 is 0 Å². The maximum atomic E-state index is 13.3. The number of benzene rings is 1. The van der Waals surface area contributed by atoms with Gasteiger partial charge in [0.15, 0.2) is 0 Å². The highest BCUT2D eigenvalue weighted by Gasteiger charge is 2.67. The van der Waals surface area contributed by atoms with Gasteiger partial charge in [0, 0.05) is 0 Å². The van der Waals surface area contributed by atoms with Gasteiger partial charge in [-0.2, -0.15) is 0 Å². The Hall–Kier alpha value is -1.91. The lowest BCUT2D eigenvalue weighted by Crippen LogP contribution is -2.64. The number of halogens is 1. The monoisotopic (exact) mass is 318 g/mol. The molecule has 2 unspecified atom stereocenters. The highest BCUT2D eigenvalue weighted by molar-refractivity contribution is 5.85. The number of carbonyl (C=O) groups is 2. The summed E-state index contributed by atoms with van der Waals surface area (Å²) in [7, 11) is 0. The molecule has 0 saturated heterocycles. The fourth-order valence-electron chi connectivity index (χ4n) is 5.94. The molecule has 2 atom stereocenters. The van der Waals surface area contributed by atoms with Gasteiger partial charge in [0.25, 0.3) is 0 Å². The average molecular weight is 318 g/mol. The van der Waals surface area contributed by atoms with Crippen LogP contribution in [-0.2, 0) is 15.0 Å². The molecule has 0 amide bonds. The predicted molar refractivity (Wildman–Crippen MR) is 79.3 cm³/mol. The summed E-state index contributed by atoms with van der Waals surface area (Å²) in [6.07, 6.45) is 3.02. The van der Waals surface area contributed by atoms with E-state index in [1.807, 2.05) is 0 Å². The summed E-state index contributed by atoms with van der Waals surface area (Å²) < 4.78 is 13.3. The fourth-order valence-corrected chi connectivity index (χ4v) is 5.94. The largest absolute Gasteiger partial charge is 0.481 e. The molecule has 0 aliphatic heterocycles. The second-order valence-electron chi connectivity index (χ2n) is 7.61. The maximum absolute atomic E-state index is 13.3. The van der Waals surface area contributed by atoms with Gasteiger partial charge in [-0.15, -0.1) is 0 Å². The molecule has 122 valence electrons. The molecule has 5 rings (SSSR count). The quantitative estimate of drug-likeness (QED) is 0.898. The van der Waals surface area contributed by atoms with E-state index in [9.17, 15) is 24.2 Å². The lowest BCUT2D eigenvalue weighted by molar-refractivity contribution is -0.185. The molecule has 4 saturated carbocycles. The third-order valence-corrected chi connectivity index (χ3v) is 6.61. The molecule has 4 aliphatic carbocycles. The Balaban J connectivity index is 1.85. The highest BCUT2D eigenvalue weighted by Crippen LogP contribution is 2.67. The van der Waals surface area contributed by atoms with Crippen molar-refractivity contribution in [2.45, 2.75) is 37.5 Å². The minimum atomic E-state index is -1.07. The third kappa shape index (κ3) is 1.76. The van der Waals surface area contributed by atoms with Crippen LogP contribution < -0.4 is 0 Å². The van der Waals surface area contributed by atoms with Gasteiger partial charge in [0.1, 0.15) is 5.82 Å². The number of aliphatic carboxylic acids is 2. The topological polar surface area (TPSA) is 74.6 Å². The number of carboxylic acids is 2. The third-order valence-electron chi connectivity index (χ3n) is 6.61. The summed E-state index contributed by atoms with van der Waals surface area (Å²) in [6.45, 7) is 0. The molecule has 5 heteroatoms. The van der Waals surface area contributed by atoms with Crippen LogP contribution in [0, 0.1) is 29.0 Å². The molecule has 0 spiro atoms. The van der Waals surface area contributed by atoms with E-state index in [4.69, 9.17) is 0 Å². The number of hydrogen-bond donors (Lipinski definition) is 2. The van der Waals surface area contributed by atoms with Crippen LogP contribution in [0.15, 0.2) is 24.3 Å². The molecule has 0 aromatic heterocycles. The van der Waals surface area contributed by atoms with E-state index in [1.54, 1.807) is 12.1 Å². The minimum Gasteiger partial charge on any atom is -0.481 e. The Morgan fingerprint density at radius 2 is 1.52 bits per heavy atom. The zero-order valence-electron chi connectivity index (χ0n) is 12.7. The second-order valence-corrected chi connectivity index (χ2v) is 7.61. The first-order valence-corrected chi connectivity index (χ1v) is 8.11. The molecular weight excluding hydrogens is 299 g/mol. The van der Waals surface area contributed by atoms with E-state index in [1.165, 1.54) is 12.1 Å². The minimum absolute atomic E-state index is 0.187. The summed E-state index contributed by atoms with van der Waals surface area (Å²) in [6, 6.07) is 5.74. The molecule has 0 heterocycles. The Morgan fingerprint density at radius 3 is 2.00 bits per heavy atom. The van der Waals surface area contributed by atoms with Crippen molar-refractivity contribution in [3.8, 4) is 0 Å². The van der Waals surface area contributed by atoms with Crippen LogP contribution in [0.1, 0.15) is 37.7 Å². The van der Waals surface area contributed by atoms with Crippen molar-refractivity contribution >= 4 is 11.9 Å². The van der Waals surface area contributed by atoms with Gasteiger partial charge < -0.3 is 10.2 Å². The van der Waals surface area contributed by atoms with Gasteiger partial charge in [-0.25, -0.2) is 4.39 Å². The van der Waals surface area contributed by atoms with Crippen molar-refractivity contribution in [3.05, 3.63) is 35.6 Å². The molecule has 4 fully saturated rings. The number of rotatable bonds is 3. The molecule has 23 heavy (non-hydrogen) atoms. The van der Waals surface area contributed by atoms with E-state index in [-0.39, 0.29) is 17.7 Å². The number of carboxylic acid groups (broad SMARTS) is 2. The highest BCUT2D eigenvalue weighted by atomic mass is 19.1. The standard InChI is InChI=1S/C18H19FO4/c19-14-3-1-11(2-4-14)18(16(22)23)12-5-10-6-13(18)9-17(7-10,8-12)15(20)21/h1-4,10,12-13H,5-9H2,(H,20,21)(H,22,23). The molecule has 4 aliphatic rings. The van der Waals surface area contributed by atoms with Crippen LogP contribution in [0.3, 0.4) is 0 Å². The van der Waals surface area contributed by atoms with Crippen molar-refractivity contribution < 1.29 is 24.2 Å². The van der Waals surface area contributed by atoms with Crippen LogP contribution >= 0.6 is 0 Å². The van der Waals surface area contributed by atoms with Crippen molar-refractivity contribution in [1.82, 2.24) is 0 Å². The van der Waals surface area contributed by atoms with E-state index in [0.29, 0.717) is 30.7 Å². The van der Waals surface area contributed by atoms with Crippen molar-refractivity contribution in [2.24, 2.45) is 23.2 Å². The zero-order chi connectivity index (χ0) is 16.4. The normalized spacial score (nSPS) is 41.0. The number of hydrogen-bond acceptors (Lipinski definition) is 2. The zero-order valence-corrected chi connectivity index (χ0v) is 12.7. The second kappa shape index (κ2) is 4.56. The average Bonchev–Trinajstić information content (AvgIpc) is 2.48. The Labute approximate surface area is 133 Å². The Kier molecular flexibility index (Phi) is 2.91. The van der Waals surface area contributed by atoms with Crippen molar-refractivity contribution in [2.75, 3.05) is 0 Å².